The van der Waals surface area contributed by atoms with Gasteiger partial charge in [-0.1, -0.05) is 18.6 Å². The average Bonchev–Trinajstić information content (AvgIpc) is 2.69. The molecule has 2 heterocycles. The lowest BCUT2D eigenvalue weighted by Crippen LogP contribution is -2.34. The Labute approximate surface area is 154 Å². The van der Waals surface area contributed by atoms with E-state index in [0.717, 1.165) is 25.9 Å². The van der Waals surface area contributed by atoms with Gasteiger partial charge < -0.3 is 4.74 Å². The normalized spacial score (nSPS) is 17.8. The molecule has 1 aromatic heterocycles. The molecule has 1 atom stereocenters. The van der Waals surface area contributed by atoms with E-state index < -0.39 is 4.92 Å². The van der Waals surface area contributed by atoms with Gasteiger partial charge in [-0.15, -0.1) is 0 Å². The third-order valence-electron chi connectivity index (χ3n) is 4.82. The quantitative estimate of drug-likeness (QED) is 0.399. The Morgan fingerprint density at radius 1 is 1.23 bits per heavy atom. The molecular weight excluding hydrogens is 330 g/mol. The fourth-order valence-electron chi connectivity index (χ4n) is 3.50. The first kappa shape index (κ1) is 18.3. The summed E-state index contributed by atoms with van der Waals surface area (Å²) in [5.41, 5.74) is 1.37. The molecule has 1 fully saturated rings. The Hall–Kier alpha value is -2.47. The molecule has 0 bridgehead atoms. The Kier molecular flexibility index (Phi) is 6.55. The minimum Gasteiger partial charge on any atom is -0.493 e. The van der Waals surface area contributed by atoms with Crippen LogP contribution in [-0.4, -0.2) is 34.5 Å². The second kappa shape index (κ2) is 9.29. The van der Waals surface area contributed by atoms with Crippen LogP contribution < -0.4 is 4.74 Å². The van der Waals surface area contributed by atoms with Crippen molar-refractivity contribution in [2.75, 3.05) is 19.7 Å². The van der Waals surface area contributed by atoms with Gasteiger partial charge >= 0.3 is 0 Å². The van der Waals surface area contributed by atoms with E-state index in [4.69, 9.17) is 4.74 Å². The van der Waals surface area contributed by atoms with Gasteiger partial charge in [0.25, 0.3) is 5.69 Å². The molecule has 26 heavy (non-hydrogen) atoms. The van der Waals surface area contributed by atoms with Crippen molar-refractivity contribution >= 4 is 5.69 Å². The third kappa shape index (κ3) is 5.02. The summed E-state index contributed by atoms with van der Waals surface area (Å²) >= 11 is 0. The molecule has 3 rings (SSSR count). The highest BCUT2D eigenvalue weighted by Crippen LogP contribution is 2.30. The summed E-state index contributed by atoms with van der Waals surface area (Å²) in [6, 6.07) is 11.0. The maximum atomic E-state index is 10.8. The molecule has 1 aliphatic rings. The standard InChI is InChI=1S/C20H25N3O3/c24-23(25)18-8-5-9-19(15-18)26-14-4-3-13-22-12-2-1-10-20(22)17-7-6-11-21-16-17/h5-9,11,15-16,20H,1-4,10,12-14H2. The fraction of sp³-hybridized carbons (Fsp3) is 0.450. The average molecular weight is 355 g/mol. The number of pyridine rings is 1. The topological polar surface area (TPSA) is 68.5 Å². The zero-order chi connectivity index (χ0) is 18.2. The van der Waals surface area contributed by atoms with Gasteiger partial charge in [-0.25, -0.2) is 0 Å². The van der Waals surface area contributed by atoms with Crippen LogP contribution in [0.15, 0.2) is 48.8 Å². The van der Waals surface area contributed by atoms with E-state index in [1.807, 2.05) is 18.5 Å². The van der Waals surface area contributed by atoms with Crippen LogP contribution >= 0.6 is 0 Å². The zero-order valence-electron chi connectivity index (χ0n) is 14.9. The highest BCUT2D eigenvalue weighted by Gasteiger charge is 2.23. The highest BCUT2D eigenvalue weighted by molar-refractivity contribution is 5.37. The molecule has 0 N–H and O–H groups in total. The number of aromatic nitrogens is 1. The number of ether oxygens (including phenoxy) is 1. The van der Waals surface area contributed by atoms with E-state index in [9.17, 15) is 10.1 Å². The summed E-state index contributed by atoms with van der Waals surface area (Å²) in [5, 5.41) is 10.8. The Morgan fingerprint density at radius 2 is 2.15 bits per heavy atom. The van der Waals surface area contributed by atoms with E-state index in [0.29, 0.717) is 18.4 Å². The van der Waals surface area contributed by atoms with Gasteiger partial charge in [0.2, 0.25) is 0 Å². The number of piperidine rings is 1. The van der Waals surface area contributed by atoms with Crippen molar-refractivity contribution in [2.24, 2.45) is 0 Å². The van der Waals surface area contributed by atoms with Crippen molar-refractivity contribution in [3.05, 3.63) is 64.5 Å². The fourth-order valence-corrected chi connectivity index (χ4v) is 3.50. The summed E-state index contributed by atoms with van der Waals surface area (Å²) in [5.74, 6) is 0.561. The summed E-state index contributed by atoms with van der Waals surface area (Å²) < 4.78 is 5.66. The maximum Gasteiger partial charge on any atom is 0.273 e. The van der Waals surface area contributed by atoms with Crippen LogP contribution in [0, 0.1) is 10.1 Å². The minimum atomic E-state index is -0.401. The summed E-state index contributed by atoms with van der Waals surface area (Å²) in [7, 11) is 0. The number of likely N-dealkylation sites (tertiary alicyclic amines) is 1. The molecule has 1 aromatic carbocycles. The largest absolute Gasteiger partial charge is 0.493 e. The van der Waals surface area contributed by atoms with Crippen molar-refractivity contribution in [3.63, 3.8) is 0 Å². The number of benzene rings is 1. The first-order valence-corrected chi connectivity index (χ1v) is 9.25. The van der Waals surface area contributed by atoms with Crippen molar-refractivity contribution in [1.29, 1.82) is 0 Å². The van der Waals surface area contributed by atoms with E-state index in [2.05, 4.69) is 16.0 Å². The number of non-ortho nitro benzene ring substituents is 1. The first-order valence-electron chi connectivity index (χ1n) is 9.25. The lowest BCUT2D eigenvalue weighted by molar-refractivity contribution is -0.384. The molecule has 1 aliphatic heterocycles. The van der Waals surface area contributed by atoms with Crippen LogP contribution in [-0.2, 0) is 0 Å². The molecule has 0 amide bonds. The molecule has 1 saturated heterocycles. The number of nitro groups is 1. The van der Waals surface area contributed by atoms with Crippen molar-refractivity contribution in [1.82, 2.24) is 9.88 Å². The van der Waals surface area contributed by atoms with E-state index >= 15 is 0 Å². The molecule has 1 unspecified atom stereocenters. The molecular formula is C20H25N3O3. The second-order valence-corrected chi connectivity index (χ2v) is 6.64. The van der Waals surface area contributed by atoms with Crippen LogP contribution in [0.4, 0.5) is 5.69 Å². The number of rotatable bonds is 8. The van der Waals surface area contributed by atoms with Gasteiger partial charge in [-0.2, -0.15) is 0 Å². The predicted octanol–water partition coefficient (Wildman–Crippen LogP) is 4.38. The first-order chi connectivity index (χ1) is 12.7. The number of nitro benzene ring substituents is 1. The van der Waals surface area contributed by atoms with E-state index in [1.165, 1.54) is 37.0 Å². The maximum absolute atomic E-state index is 10.8. The molecule has 6 nitrogen and oxygen atoms in total. The molecule has 6 heteroatoms. The van der Waals surface area contributed by atoms with Crippen LogP contribution in [0.2, 0.25) is 0 Å². The molecule has 0 aliphatic carbocycles. The highest BCUT2D eigenvalue weighted by atomic mass is 16.6. The molecule has 2 aromatic rings. The lowest BCUT2D eigenvalue weighted by Gasteiger charge is -2.35. The number of hydrogen-bond donors (Lipinski definition) is 0. The van der Waals surface area contributed by atoms with Gasteiger partial charge in [-0.3, -0.25) is 20.0 Å². The second-order valence-electron chi connectivity index (χ2n) is 6.64. The van der Waals surface area contributed by atoms with Crippen molar-refractivity contribution in [2.45, 2.75) is 38.1 Å². The summed E-state index contributed by atoms with van der Waals surface area (Å²) in [6.07, 6.45) is 9.49. The predicted molar refractivity (Wildman–Crippen MR) is 100 cm³/mol. The monoisotopic (exact) mass is 355 g/mol. The van der Waals surface area contributed by atoms with Crippen LogP contribution in [0.1, 0.15) is 43.7 Å². The van der Waals surface area contributed by atoms with E-state index in [1.54, 1.807) is 12.1 Å². The summed E-state index contributed by atoms with van der Waals surface area (Å²) in [4.78, 5) is 17.2. The van der Waals surface area contributed by atoms with Crippen molar-refractivity contribution < 1.29 is 9.66 Å². The van der Waals surface area contributed by atoms with Gasteiger partial charge in [0.15, 0.2) is 0 Å². The molecule has 138 valence electrons. The summed E-state index contributed by atoms with van der Waals surface area (Å²) in [6.45, 7) is 2.75. The SMILES string of the molecule is O=[N+]([O-])c1cccc(OCCCCN2CCCCC2c2cccnc2)c1. The molecule has 0 radical (unpaired) electrons. The number of hydrogen-bond acceptors (Lipinski definition) is 5. The van der Waals surface area contributed by atoms with Crippen molar-refractivity contribution in [3.8, 4) is 5.75 Å². The Morgan fingerprint density at radius 3 is 2.96 bits per heavy atom. The Bertz CT molecular complexity index is 708. The van der Waals surface area contributed by atoms with Crippen LogP contribution in [0.5, 0.6) is 5.75 Å². The number of nitrogens with zero attached hydrogens (tertiary/aromatic N) is 3. The molecule has 0 saturated carbocycles. The zero-order valence-corrected chi connectivity index (χ0v) is 14.9. The number of unbranched alkanes of at least 4 members (excludes halogenated alkanes) is 1. The Balaban J connectivity index is 1.44. The molecule has 0 spiro atoms. The van der Waals surface area contributed by atoms with Gasteiger partial charge in [0, 0.05) is 24.5 Å². The minimum absolute atomic E-state index is 0.0649. The third-order valence-corrected chi connectivity index (χ3v) is 4.82. The van der Waals surface area contributed by atoms with Gasteiger partial charge in [-0.05, 0) is 56.5 Å². The van der Waals surface area contributed by atoms with E-state index in [-0.39, 0.29) is 5.69 Å². The van der Waals surface area contributed by atoms with Gasteiger partial charge in [0.1, 0.15) is 5.75 Å². The van der Waals surface area contributed by atoms with Crippen LogP contribution in [0.25, 0.3) is 0 Å². The van der Waals surface area contributed by atoms with Gasteiger partial charge in [0.05, 0.1) is 17.6 Å². The lowest BCUT2D eigenvalue weighted by atomic mass is 9.96. The smallest absolute Gasteiger partial charge is 0.273 e. The van der Waals surface area contributed by atoms with Crippen LogP contribution in [0.3, 0.4) is 0 Å².